The van der Waals surface area contributed by atoms with E-state index in [0.29, 0.717) is 12.1 Å². The standard InChI is InChI=1S/C16H28N2S/c1-10-4-3-5-14(11(10)2)17-16(19)18-15-9-12-6-7-13(15)8-12/h10-15H,3-9H2,1-2H3,(H2,17,18,19)/t10-,11+,12+,13+,14+,15-/m1/s1. The molecule has 0 spiro atoms. The first kappa shape index (κ1) is 13.7. The van der Waals surface area contributed by atoms with Gasteiger partial charge in [-0.15, -0.1) is 0 Å². The smallest absolute Gasteiger partial charge is 0.166 e. The average Bonchev–Trinajstić information content (AvgIpc) is 2.97. The van der Waals surface area contributed by atoms with Crippen LogP contribution in [-0.2, 0) is 0 Å². The SMILES string of the molecule is C[C@H]1[C@H](C)CCC[C@@H]1NC(=S)N[C@@H]1C[C@H]2CC[C@H]1C2. The van der Waals surface area contributed by atoms with Crippen LogP contribution in [0.5, 0.6) is 0 Å². The molecule has 2 N–H and O–H groups in total. The molecule has 0 radical (unpaired) electrons. The van der Waals surface area contributed by atoms with E-state index in [1.54, 1.807) is 0 Å². The van der Waals surface area contributed by atoms with Gasteiger partial charge in [-0.25, -0.2) is 0 Å². The van der Waals surface area contributed by atoms with Crippen LogP contribution in [0.2, 0.25) is 0 Å². The van der Waals surface area contributed by atoms with Crippen molar-refractivity contribution in [1.82, 2.24) is 10.6 Å². The maximum absolute atomic E-state index is 5.56. The molecule has 0 aromatic heterocycles. The second-order valence-electron chi connectivity index (χ2n) is 7.27. The minimum absolute atomic E-state index is 0.586. The molecule has 2 nitrogen and oxygen atoms in total. The molecule has 3 aliphatic rings. The van der Waals surface area contributed by atoms with E-state index in [4.69, 9.17) is 12.2 Å². The number of hydrogen-bond donors (Lipinski definition) is 2. The largest absolute Gasteiger partial charge is 0.360 e. The Balaban J connectivity index is 1.48. The molecule has 3 aliphatic carbocycles. The van der Waals surface area contributed by atoms with Gasteiger partial charge in [0.15, 0.2) is 5.11 Å². The van der Waals surface area contributed by atoms with Crippen LogP contribution in [0.4, 0.5) is 0 Å². The van der Waals surface area contributed by atoms with Crippen molar-refractivity contribution >= 4 is 17.3 Å². The Hall–Kier alpha value is -0.310. The number of rotatable bonds is 2. The molecule has 0 aromatic rings. The Bertz CT molecular complexity index is 344. The van der Waals surface area contributed by atoms with Gasteiger partial charge >= 0.3 is 0 Å². The van der Waals surface area contributed by atoms with Crippen molar-refractivity contribution in [3.8, 4) is 0 Å². The van der Waals surface area contributed by atoms with Gasteiger partial charge in [-0.05, 0) is 61.6 Å². The molecule has 6 atom stereocenters. The summed E-state index contributed by atoms with van der Waals surface area (Å²) in [5.41, 5.74) is 0. The summed E-state index contributed by atoms with van der Waals surface area (Å²) in [4.78, 5) is 0. The van der Waals surface area contributed by atoms with Gasteiger partial charge in [0.1, 0.15) is 0 Å². The zero-order valence-corrected chi connectivity index (χ0v) is 13.1. The topological polar surface area (TPSA) is 24.1 Å². The highest BCUT2D eigenvalue weighted by molar-refractivity contribution is 7.80. The van der Waals surface area contributed by atoms with Crippen molar-refractivity contribution in [3.63, 3.8) is 0 Å². The third kappa shape index (κ3) is 2.91. The van der Waals surface area contributed by atoms with E-state index in [2.05, 4.69) is 24.5 Å². The lowest BCUT2D eigenvalue weighted by molar-refractivity contribution is 0.223. The molecular formula is C16H28N2S. The van der Waals surface area contributed by atoms with E-state index in [-0.39, 0.29) is 0 Å². The predicted octanol–water partition coefficient (Wildman–Crippen LogP) is 3.46. The highest BCUT2D eigenvalue weighted by Crippen LogP contribution is 2.44. The maximum Gasteiger partial charge on any atom is 0.166 e. The van der Waals surface area contributed by atoms with Crippen LogP contribution in [0, 0.1) is 23.7 Å². The van der Waals surface area contributed by atoms with E-state index in [1.165, 1.54) is 44.9 Å². The molecule has 0 unspecified atom stereocenters. The van der Waals surface area contributed by atoms with E-state index < -0.39 is 0 Å². The van der Waals surface area contributed by atoms with E-state index >= 15 is 0 Å². The summed E-state index contributed by atoms with van der Waals surface area (Å²) in [5, 5.41) is 8.14. The van der Waals surface area contributed by atoms with Gasteiger partial charge in [-0.2, -0.15) is 0 Å². The molecule has 19 heavy (non-hydrogen) atoms. The van der Waals surface area contributed by atoms with Crippen LogP contribution in [0.25, 0.3) is 0 Å². The summed E-state index contributed by atoms with van der Waals surface area (Å²) in [7, 11) is 0. The predicted molar refractivity (Wildman–Crippen MR) is 84.1 cm³/mol. The minimum Gasteiger partial charge on any atom is -0.360 e. The van der Waals surface area contributed by atoms with E-state index in [0.717, 1.165) is 28.8 Å². The monoisotopic (exact) mass is 280 g/mol. The third-order valence-corrected chi connectivity index (χ3v) is 6.31. The molecular weight excluding hydrogens is 252 g/mol. The van der Waals surface area contributed by atoms with Gasteiger partial charge in [-0.3, -0.25) is 0 Å². The second kappa shape index (κ2) is 5.59. The first-order valence-electron chi connectivity index (χ1n) is 8.20. The fourth-order valence-electron chi connectivity index (χ4n) is 4.59. The van der Waals surface area contributed by atoms with Crippen LogP contribution >= 0.6 is 12.2 Å². The Morgan fingerprint density at radius 2 is 1.74 bits per heavy atom. The summed E-state index contributed by atoms with van der Waals surface area (Å²) in [5.74, 6) is 3.46. The van der Waals surface area contributed by atoms with Gasteiger partial charge < -0.3 is 10.6 Å². The van der Waals surface area contributed by atoms with Crippen molar-refractivity contribution in [2.24, 2.45) is 23.7 Å². The zero-order chi connectivity index (χ0) is 13.4. The van der Waals surface area contributed by atoms with Crippen molar-refractivity contribution in [1.29, 1.82) is 0 Å². The van der Waals surface area contributed by atoms with Gasteiger partial charge in [0.25, 0.3) is 0 Å². The fraction of sp³-hybridized carbons (Fsp3) is 0.938. The summed E-state index contributed by atoms with van der Waals surface area (Å²) in [6.07, 6.45) is 9.68. The zero-order valence-electron chi connectivity index (χ0n) is 12.3. The third-order valence-electron chi connectivity index (χ3n) is 6.08. The molecule has 3 rings (SSSR count). The summed E-state index contributed by atoms with van der Waals surface area (Å²) in [6, 6.07) is 1.25. The molecule has 3 fully saturated rings. The highest BCUT2D eigenvalue weighted by Gasteiger charge is 2.40. The lowest BCUT2D eigenvalue weighted by Crippen LogP contribution is -2.51. The number of fused-ring (bicyclic) bond motifs is 2. The fourth-order valence-corrected chi connectivity index (χ4v) is 4.89. The van der Waals surface area contributed by atoms with Gasteiger partial charge in [-0.1, -0.05) is 33.1 Å². The minimum atomic E-state index is 0.586. The lowest BCUT2D eigenvalue weighted by Gasteiger charge is -2.36. The van der Waals surface area contributed by atoms with Crippen LogP contribution in [0.3, 0.4) is 0 Å². The Morgan fingerprint density at radius 1 is 0.947 bits per heavy atom. The molecule has 108 valence electrons. The van der Waals surface area contributed by atoms with Crippen molar-refractivity contribution in [2.45, 2.75) is 70.9 Å². The Labute approximate surface area is 123 Å². The van der Waals surface area contributed by atoms with Crippen molar-refractivity contribution in [3.05, 3.63) is 0 Å². The molecule has 0 amide bonds. The van der Waals surface area contributed by atoms with E-state index in [9.17, 15) is 0 Å². The maximum atomic E-state index is 5.56. The molecule has 3 saturated carbocycles. The van der Waals surface area contributed by atoms with E-state index in [1.807, 2.05) is 0 Å². The van der Waals surface area contributed by atoms with Gasteiger partial charge in [0, 0.05) is 12.1 Å². The normalized spacial score (nSPS) is 45.2. The first-order chi connectivity index (χ1) is 9.13. The Kier molecular flexibility index (Phi) is 4.02. The molecule has 0 aromatic carbocycles. The molecule has 0 aliphatic heterocycles. The van der Waals surface area contributed by atoms with Gasteiger partial charge in [0.05, 0.1) is 0 Å². The average molecular weight is 280 g/mol. The highest BCUT2D eigenvalue weighted by atomic mass is 32.1. The van der Waals surface area contributed by atoms with Gasteiger partial charge in [0.2, 0.25) is 0 Å². The summed E-state index contributed by atoms with van der Waals surface area (Å²) in [6.45, 7) is 4.76. The van der Waals surface area contributed by atoms with Crippen LogP contribution in [0.15, 0.2) is 0 Å². The molecule has 0 saturated heterocycles. The van der Waals surface area contributed by atoms with Crippen LogP contribution < -0.4 is 10.6 Å². The molecule has 3 heteroatoms. The molecule has 2 bridgehead atoms. The summed E-state index contributed by atoms with van der Waals surface area (Å²) >= 11 is 5.56. The molecule has 0 heterocycles. The summed E-state index contributed by atoms with van der Waals surface area (Å²) < 4.78 is 0. The Morgan fingerprint density at radius 3 is 2.42 bits per heavy atom. The van der Waals surface area contributed by atoms with Crippen LogP contribution in [0.1, 0.15) is 58.8 Å². The first-order valence-corrected chi connectivity index (χ1v) is 8.61. The van der Waals surface area contributed by atoms with Crippen molar-refractivity contribution in [2.75, 3.05) is 0 Å². The lowest BCUT2D eigenvalue weighted by atomic mass is 9.78. The number of nitrogens with one attached hydrogen (secondary N) is 2. The quantitative estimate of drug-likeness (QED) is 0.758. The van der Waals surface area contributed by atoms with Crippen molar-refractivity contribution < 1.29 is 0 Å². The number of hydrogen-bond acceptors (Lipinski definition) is 1. The number of thiocarbonyl (C=S) groups is 1. The second-order valence-corrected chi connectivity index (χ2v) is 7.68. The van der Waals surface area contributed by atoms with Crippen LogP contribution in [-0.4, -0.2) is 17.2 Å².